The summed E-state index contributed by atoms with van der Waals surface area (Å²) in [7, 11) is 0. The van der Waals surface area contributed by atoms with Crippen LogP contribution in [-0.2, 0) is 17.8 Å². The average molecular weight is 340 g/mol. The van der Waals surface area contributed by atoms with Crippen molar-refractivity contribution in [3.8, 4) is 0 Å². The zero-order valence-electron chi connectivity index (χ0n) is 15.3. The molecule has 1 aliphatic carbocycles. The average Bonchev–Trinajstić information content (AvgIpc) is 3.03. The molecule has 0 aliphatic heterocycles. The number of carbonyl (C=O) groups excluding carboxylic acids is 1. The van der Waals surface area contributed by atoms with E-state index in [1.54, 1.807) is 0 Å². The summed E-state index contributed by atoms with van der Waals surface area (Å²) in [5.41, 5.74) is 3.55. The highest BCUT2D eigenvalue weighted by Gasteiger charge is 2.29. The van der Waals surface area contributed by atoms with Crippen molar-refractivity contribution >= 4 is 5.91 Å². The van der Waals surface area contributed by atoms with Crippen LogP contribution < -0.4 is 10.6 Å². The SMILES string of the molecule is CCn1ncc2c1CCCC2NC(C(=O)NC(C)C)c1ccccc1. The molecule has 0 fully saturated rings. The summed E-state index contributed by atoms with van der Waals surface area (Å²) < 4.78 is 2.08. The molecule has 1 aromatic heterocycles. The maximum absolute atomic E-state index is 12.8. The molecule has 3 rings (SSSR count). The van der Waals surface area contributed by atoms with Gasteiger partial charge in [0.25, 0.3) is 0 Å². The zero-order valence-corrected chi connectivity index (χ0v) is 15.3. The van der Waals surface area contributed by atoms with Crippen LogP contribution >= 0.6 is 0 Å². The lowest BCUT2D eigenvalue weighted by atomic mass is 9.91. The molecule has 1 heterocycles. The number of nitrogens with one attached hydrogen (secondary N) is 2. The normalized spacial score (nSPS) is 18.0. The number of amides is 1. The van der Waals surface area contributed by atoms with Gasteiger partial charge in [0, 0.05) is 29.9 Å². The number of fused-ring (bicyclic) bond motifs is 1. The Morgan fingerprint density at radius 3 is 2.76 bits per heavy atom. The Bertz CT molecular complexity index is 708. The minimum atomic E-state index is -0.357. The second kappa shape index (κ2) is 7.83. The van der Waals surface area contributed by atoms with Crippen LogP contribution in [0.5, 0.6) is 0 Å². The van der Waals surface area contributed by atoms with Crippen molar-refractivity contribution in [2.75, 3.05) is 0 Å². The molecule has 1 aromatic carbocycles. The van der Waals surface area contributed by atoms with Gasteiger partial charge >= 0.3 is 0 Å². The maximum atomic E-state index is 12.8. The van der Waals surface area contributed by atoms with E-state index in [1.807, 2.05) is 50.4 Å². The minimum Gasteiger partial charge on any atom is -0.352 e. The quantitative estimate of drug-likeness (QED) is 0.849. The van der Waals surface area contributed by atoms with Crippen LogP contribution in [0, 0.1) is 0 Å². The first-order valence-corrected chi connectivity index (χ1v) is 9.26. The molecular weight excluding hydrogens is 312 g/mol. The Kier molecular flexibility index (Phi) is 5.53. The number of aromatic nitrogens is 2. The lowest BCUT2D eigenvalue weighted by Crippen LogP contribution is -2.42. The third kappa shape index (κ3) is 3.93. The highest BCUT2D eigenvalue weighted by atomic mass is 16.2. The van der Waals surface area contributed by atoms with Crippen LogP contribution in [0.3, 0.4) is 0 Å². The van der Waals surface area contributed by atoms with Crippen molar-refractivity contribution in [1.82, 2.24) is 20.4 Å². The number of hydrogen-bond acceptors (Lipinski definition) is 3. The van der Waals surface area contributed by atoms with Crippen LogP contribution in [-0.4, -0.2) is 21.7 Å². The largest absolute Gasteiger partial charge is 0.352 e. The molecule has 2 aromatic rings. The monoisotopic (exact) mass is 340 g/mol. The summed E-state index contributed by atoms with van der Waals surface area (Å²) >= 11 is 0. The molecule has 0 bridgehead atoms. The number of rotatable bonds is 6. The smallest absolute Gasteiger partial charge is 0.241 e. The summed E-state index contributed by atoms with van der Waals surface area (Å²) in [5.74, 6) is 0.0243. The third-order valence-electron chi connectivity index (χ3n) is 4.76. The van der Waals surface area contributed by atoms with Gasteiger partial charge in [-0.1, -0.05) is 30.3 Å². The van der Waals surface area contributed by atoms with Gasteiger partial charge in [-0.15, -0.1) is 0 Å². The van der Waals surface area contributed by atoms with Crippen LogP contribution in [0.2, 0.25) is 0 Å². The van der Waals surface area contributed by atoms with Crippen molar-refractivity contribution in [3.05, 3.63) is 53.3 Å². The molecule has 2 atom stereocenters. The van der Waals surface area contributed by atoms with Crippen LogP contribution in [0.4, 0.5) is 0 Å². The van der Waals surface area contributed by atoms with Gasteiger partial charge < -0.3 is 5.32 Å². The molecule has 0 spiro atoms. The number of carbonyl (C=O) groups is 1. The highest BCUT2D eigenvalue weighted by Crippen LogP contribution is 2.32. The lowest BCUT2D eigenvalue weighted by molar-refractivity contribution is -0.124. The fourth-order valence-electron chi connectivity index (χ4n) is 3.60. The summed E-state index contributed by atoms with van der Waals surface area (Å²) in [6.07, 6.45) is 5.18. The lowest BCUT2D eigenvalue weighted by Gasteiger charge is -2.29. The van der Waals surface area contributed by atoms with E-state index >= 15 is 0 Å². The topological polar surface area (TPSA) is 59.0 Å². The van der Waals surface area contributed by atoms with Gasteiger partial charge in [0.05, 0.1) is 6.20 Å². The summed E-state index contributed by atoms with van der Waals surface area (Å²) in [6, 6.07) is 9.88. The summed E-state index contributed by atoms with van der Waals surface area (Å²) in [4.78, 5) is 12.8. The Morgan fingerprint density at radius 2 is 2.08 bits per heavy atom. The molecule has 5 nitrogen and oxygen atoms in total. The second-order valence-corrected chi connectivity index (χ2v) is 6.98. The molecule has 2 unspecified atom stereocenters. The zero-order chi connectivity index (χ0) is 17.8. The predicted octanol–water partition coefficient (Wildman–Crippen LogP) is 3.14. The first-order chi connectivity index (χ1) is 12.1. The Morgan fingerprint density at radius 1 is 1.32 bits per heavy atom. The Balaban J connectivity index is 1.86. The highest BCUT2D eigenvalue weighted by molar-refractivity contribution is 5.83. The number of nitrogens with zero attached hydrogens (tertiary/aromatic N) is 2. The number of aryl methyl sites for hydroxylation is 1. The van der Waals surface area contributed by atoms with E-state index in [9.17, 15) is 4.79 Å². The van der Waals surface area contributed by atoms with Gasteiger partial charge in [-0.2, -0.15) is 5.10 Å². The van der Waals surface area contributed by atoms with E-state index in [0.717, 1.165) is 31.4 Å². The molecule has 0 saturated carbocycles. The van der Waals surface area contributed by atoms with Gasteiger partial charge in [-0.25, -0.2) is 0 Å². The molecule has 5 heteroatoms. The maximum Gasteiger partial charge on any atom is 0.241 e. The Hall–Kier alpha value is -2.14. The van der Waals surface area contributed by atoms with Gasteiger partial charge in [0.2, 0.25) is 5.91 Å². The number of hydrogen-bond donors (Lipinski definition) is 2. The molecule has 134 valence electrons. The molecule has 0 saturated heterocycles. The van der Waals surface area contributed by atoms with Crippen molar-refractivity contribution in [1.29, 1.82) is 0 Å². The summed E-state index contributed by atoms with van der Waals surface area (Å²) in [5, 5.41) is 11.2. The van der Waals surface area contributed by atoms with Crippen LogP contribution in [0.1, 0.15) is 62.5 Å². The van der Waals surface area contributed by atoms with E-state index in [1.165, 1.54) is 11.3 Å². The molecule has 25 heavy (non-hydrogen) atoms. The van der Waals surface area contributed by atoms with Crippen molar-refractivity contribution in [2.45, 2.75) is 64.7 Å². The number of benzene rings is 1. The van der Waals surface area contributed by atoms with E-state index in [4.69, 9.17) is 0 Å². The Labute approximate surface area is 149 Å². The van der Waals surface area contributed by atoms with E-state index in [0.29, 0.717) is 0 Å². The predicted molar refractivity (Wildman–Crippen MR) is 99.2 cm³/mol. The fourth-order valence-corrected chi connectivity index (χ4v) is 3.60. The first-order valence-electron chi connectivity index (χ1n) is 9.26. The molecule has 2 N–H and O–H groups in total. The van der Waals surface area contributed by atoms with Gasteiger partial charge in [-0.05, 0) is 45.6 Å². The van der Waals surface area contributed by atoms with Gasteiger partial charge in [0.1, 0.15) is 6.04 Å². The fraction of sp³-hybridized carbons (Fsp3) is 0.500. The van der Waals surface area contributed by atoms with Crippen molar-refractivity contribution < 1.29 is 4.79 Å². The van der Waals surface area contributed by atoms with Gasteiger partial charge in [0.15, 0.2) is 0 Å². The van der Waals surface area contributed by atoms with Crippen LogP contribution in [0.25, 0.3) is 0 Å². The first kappa shape index (κ1) is 17.7. The van der Waals surface area contributed by atoms with Crippen molar-refractivity contribution in [3.63, 3.8) is 0 Å². The molecular formula is C20H28N4O. The molecule has 1 aliphatic rings. The van der Waals surface area contributed by atoms with Crippen molar-refractivity contribution in [2.24, 2.45) is 0 Å². The van der Waals surface area contributed by atoms with E-state index < -0.39 is 0 Å². The van der Waals surface area contributed by atoms with Gasteiger partial charge in [-0.3, -0.25) is 14.8 Å². The molecule has 0 radical (unpaired) electrons. The van der Waals surface area contributed by atoms with E-state index in [-0.39, 0.29) is 24.0 Å². The van der Waals surface area contributed by atoms with E-state index in [2.05, 4.69) is 27.3 Å². The summed E-state index contributed by atoms with van der Waals surface area (Å²) in [6.45, 7) is 6.99. The third-order valence-corrected chi connectivity index (χ3v) is 4.76. The van der Waals surface area contributed by atoms with Crippen LogP contribution in [0.15, 0.2) is 36.5 Å². The second-order valence-electron chi connectivity index (χ2n) is 6.98. The standard InChI is InChI=1S/C20H28N4O/c1-4-24-18-12-8-11-17(16(18)13-21-24)23-19(20(25)22-14(2)3)15-9-6-5-7-10-15/h5-7,9-10,13-14,17,19,23H,4,8,11-12H2,1-3H3,(H,22,25). The minimum absolute atomic E-state index is 0.0243. The molecule has 1 amide bonds.